The van der Waals surface area contributed by atoms with Gasteiger partial charge in [0.15, 0.2) is 0 Å². The predicted molar refractivity (Wildman–Crippen MR) is 161 cm³/mol. The van der Waals surface area contributed by atoms with E-state index in [1.165, 1.54) is 24.3 Å². The summed E-state index contributed by atoms with van der Waals surface area (Å²) in [4.78, 5) is 0. The Bertz CT molecular complexity index is 1680. The van der Waals surface area contributed by atoms with E-state index in [0.717, 1.165) is 16.7 Å². The van der Waals surface area contributed by atoms with E-state index < -0.39 is 49.3 Å². The Labute approximate surface area is 257 Å². The molecule has 0 spiro atoms. The molecule has 1 fully saturated rings. The number of aliphatic hydroxyl groups is 4. The summed E-state index contributed by atoms with van der Waals surface area (Å²) in [6, 6.07) is 20.9. The summed E-state index contributed by atoms with van der Waals surface area (Å²) in [5, 5.41) is 80.7. The monoisotopic (exact) mass is 616 g/mol. The lowest BCUT2D eigenvalue weighted by Gasteiger charge is -2.39. The van der Waals surface area contributed by atoms with Crippen molar-refractivity contribution >= 4 is 12.2 Å². The van der Waals surface area contributed by atoms with E-state index in [4.69, 9.17) is 14.2 Å². The molecule has 7 atom stereocenters. The second kappa shape index (κ2) is 12.3. The SMILES string of the molecule is OC[C@@H]1O[C@H](Oc2cc(O)cc([C@H]3c4cc(/C=C/c5cc(O)cc(O)c5)ccc4O[C@@H]3c3ccc(O)cc3)c2)[C@@H](O)[C@H](O)[C@H]1O. The largest absolute Gasteiger partial charge is 0.508 e. The van der Waals surface area contributed by atoms with Crippen LogP contribution in [0.15, 0.2) is 78.9 Å². The quantitative estimate of drug-likeness (QED) is 0.142. The van der Waals surface area contributed by atoms with Crippen molar-refractivity contribution in [2.75, 3.05) is 6.61 Å². The third-order valence-corrected chi connectivity index (χ3v) is 7.91. The summed E-state index contributed by atoms with van der Waals surface area (Å²) in [7, 11) is 0. The molecular weight excluding hydrogens is 584 g/mol. The van der Waals surface area contributed by atoms with Crippen molar-refractivity contribution in [3.8, 4) is 34.5 Å². The summed E-state index contributed by atoms with van der Waals surface area (Å²) >= 11 is 0. The smallest absolute Gasteiger partial charge is 0.229 e. The normalized spacial score (nSPS) is 26.0. The lowest BCUT2D eigenvalue weighted by atomic mass is 9.84. The Morgan fingerprint density at radius 1 is 0.644 bits per heavy atom. The van der Waals surface area contributed by atoms with E-state index in [1.54, 1.807) is 42.5 Å². The average Bonchev–Trinajstić information content (AvgIpc) is 3.39. The first kappa shape index (κ1) is 30.3. The van der Waals surface area contributed by atoms with Gasteiger partial charge in [0, 0.05) is 17.7 Å². The number of fused-ring (bicyclic) bond motifs is 1. The van der Waals surface area contributed by atoms with E-state index in [0.29, 0.717) is 16.9 Å². The van der Waals surface area contributed by atoms with Crippen LogP contribution in [-0.4, -0.2) is 78.2 Å². The van der Waals surface area contributed by atoms with Crippen LogP contribution >= 0.6 is 0 Å². The standard InChI is InChI=1S/C34H32O11/c35-16-28-30(40)31(41)32(42)34(45-28)43-25-13-20(12-24(39)15-25)29-26-11-17(1-2-18-9-22(37)14-23(38)10-18)3-8-27(26)44-33(29)19-4-6-21(36)7-5-19/h1-15,28-42H,16H2/b2-1+/t28-,29-,30-,31+,32-,33+,34-/m0/s1. The van der Waals surface area contributed by atoms with Crippen molar-refractivity contribution in [2.45, 2.75) is 42.7 Å². The topological polar surface area (TPSA) is 190 Å². The van der Waals surface area contributed by atoms with Gasteiger partial charge < -0.3 is 55.1 Å². The van der Waals surface area contributed by atoms with Crippen LogP contribution in [0.5, 0.6) is 34.5 Å². The minimum absolute atomic E-state index is 0.0700. The molecule has 2 aliphatic rings. The van der Waals surface area contributed by atoms with Crippen LogP contribution in [0.25, 0.3) is 12.2 Å². The molecule has 0 aliphatic carbocycles. The highest BCUT2D eigenvalue weighted by molar-refractivity contribution is 5.72. The van der Waals surface area contributed by atoms with Crippen molar-refractivity contribution in [2.24, 2.45) is 0 Å². The molecular formula is C34H32O11. The fourth-order valence-corrected chi connectivity index (χ4v) is 5.73. The number of hydrogen-bond acceptors (Lipinski definition) is 11. The van der Waals surface area contributed by atoms with Gasteiger partial charge in [-0.15, -0.1) is 0 Å². The first-order valence-electron chi connectivity index (χ1n) is 14.2. The van der Waals surface area contributed by atoms with Crippen LogP contribution in [0.1, 0.15) is 39.8 Å². The zero-order chi connectivity index (χ0) is 31.8. The Balaban J connectivity index is 1.37. The molecule has 0 saturated carbocycles. The fourth-order valence-electron chi connectivity index (χ4n) is 5.73. The van der Waals surface area contributed by atoms with Crippen molar-refractivity contribution in [3.63, 3.8) is 0 Å². The van der Waals surface area contributed by atoms with Gasteiger partial charge in [-0.1, -0.05) is 30.4 Å². The van der Waals surface area contributed by atoms with Gasteiger partial charge in [-0.25, -0.2) is 0 Å². The molecule has 11 heteroatoms. The highest BCUT2D eigenvalue weighted by atomic mass is 16.7. The molecule has 0 amide bonds. The van der Waals surface area contributed by atoms with Gasteiger partial charge in [0.25, 0.3) is 0 Å². The van der Waals surface area contributed by atoms with Gasteiger partial charge in [-0.3, -0.25) is 0 Å². The number of phenols is 4. The van der Waals surface area contributed by atoms with Gasteiger partial charge in [-0.05, 0) is 70.8 Å². The van der Waals surface area contributed by atoms with Crippen LogP contribution in [0, 0.1) is 0 Å². The summed E-state index contributed by atoms with van der Waals surface area (Å²) in [5.41, 5.74) is 3.48. The molecule has 0 unspecified atom stereocenters. The van der Waals surface area contributed by atoms with Crippen LogP contribution in [-0.2, 0) is 4.74 Å². The molecule has 1 saturated heterocycles. The maximum absolute atomic E-state index is 10.8. The Hall–Kier alpha value is -4.78. The molecule has 0 bridgehead atoms. The zero-order valence-electron chi connectivity index (χ0n) is 23.7. The lowest BCUT2D eigenvalue weighted by Crippen LogP contribution is -2.60. The van der Waals surface area contributed by atoms with Gasteiger partial charge >= 0.3 is 0 Å². The zero-order valence-corrected chi connectivity index (χ0v) is 23.7. The first-order chi connectivity index (χ1) is 21.6. The molecule has 8 N–H and O–H groups in total. The van der Waals surface area contributed by atoms with Crippen molar-refractivity contribution in [1.82, 2.24) is 0 Å². The summed E-state index contributed by atoms with van der Waals surface area (Å²) in [6.07, 6.45) is -4.48. The molecule has 2 aliphatic heterocycles. The number of phenolic OH excluding ortho intramolecular Hbond substituents is 4. The number of aliphatic hydroxyl groups excluding tert-OH is 4. The molecule has 0 radical (unpaired) electrons. The lowest BCUT2D eigenvalue weighted by molar-refractivity contribution is -0.277. The second-order valence-corrected chi connectivity index (χ2v) is 11.1. The Kier molecular flexibility index (Phi) is 8.28. The highest BCUT2D eigenvalue weighted by Crippen LogP contribution is 2.51. The molecule has 4 aromatic carbocycles. The van der Waals surface area contributed by atoms with Gasteiger partial charge in [0.1, 0.15) is 65.0 Å². The van der Waals surface area contributed by atoms with E-state index >= 15 is 0 Å². The Morgan fingerprint density at radius 2 is 1.33 bits per heavy atom. The first-order valence-corrected chi connectivity index (χ1v) is 14.2. The number of aromatic hydroxyl groups is 4. The highest BCUT2D eigenvalue weighted by Gasteiger charge is 2.45. The summed E-state index contributed by atoms with van der Waals surface area (Å²) < 4.78 is 17.7. The number of hydrogen-bond donors (Lipinski definition) is 8. The van der Waals surface area contributed by atoms with Crippen LogP contribution in [0.2, 0.25) is 0 Å². The Morgan fingerprint density at radius 3 is 2.04 bits per heavy atom. The minimum atomic E-state index is -1.64. The average molecular weight is 617 g/mol. The third kappa shape index (κ3) is 6.25. The number of rotatable bonds is 7. The van der Waals surface area contributed by atoms with Crippen molar-refractivity contribution in [3.05, 3.63) is 107 Å². The van der Waals surface area contributed by atoms with Gasteiger partial charge in [0.2, 0.25) is 6.29 Å². The summed E-state index contributed by atoms with van der Waals surface area (Å²) in [5.74, 6) is -0.0312. The fraction of sp³-hybridized carbons (Fsp3) is 0.235. The number of benzene rings is 4. The molecule has 0 aromatic heterocycles. The predicted octanol–water partition coefficient (Wildman–Crippen LogP) is 3.12. The maximum Gasteiger partial charge on any atom is 0.229 e. The molecule has 6 rings (SSSR count). The molecule has 2 heterocycles. The molecule has 4 aromatic rings. The summed E-state index contributed by atoms with van der Waals surface area (Å²) in [6.45, 7) is -0.621. The van der Waals surface area contributed by atoms with Crippen LogP contribution in [0.3, 0.4) is 0 Å². The second-order valence-electron chi connectivity index (χ2n) is 11.1. The van der Waals surface area contributed by atoms with Gasteiger partial charge in [-0.2, -0.15) is 0 Å². The molecule has 45 heavy (non-hydrogen) atoms. The van der Waals surface area contributed by atoms with E-state index in [-0.39, 0.29) is 28.7 Å². The van der Waals surface area contributed by atoms with E-state index in [1.807, 2.05) is 24.3 Å². The molecule has 11 nitrogen and oxygen atoms in total. The van der Waals surface area contributed by atoms with Crippen molar-refractivity contribution in [1.29, 1.82) is 0 Å². The van der Waals surface area contributed by atoms with Crippen molar-refractivity contribution < 1.29 is 55.1 Å². The third-order valence-electron chi connectivity index (χ3n) is 7.91. The maximum atomic E-state index is 10.8. The number of ether oxygens (including phenoxy) is 3. The van der Waals surface area contributed by atoms with E-state index in [2.05, 4.69) is 0 Å². The van der Waals surface area contributed by atoms with E-state index in [9.17, 15) is 40.9 Å². The molecule has 234 valence electrons. The van der Waals surface area contributed by atoms with Crippen LogP contribution < -0.4 is 9.47 Å². The van der Waals surface area contributed by atoms with Crippen LogP contribution in [0.4, 0.5) is 0 Å². The van der Waals surface area contributed by atoms with Gasteiger partial charge in [0.05, 0.1) is 12.5 Å². The minimum Gasteiger partial charge on any atom is -0.508 e.